The Bertz CT molecular complexity index is 309. The van der Waals surface area contributed by atoms with Gasteiger partial charge < -0.3 is 10.1 Å². The van der Waals surface area contributed by atoms with Gasteiger partial charge in [0.1, 0.15) is 6.61 Å². The summed E-state index contributed by atoms with van der Waals surface area (Å²) >= 11 is 5.05. The molecular formula is C10H14BrF2NOS. The predicted molar refractivity (Wildman–Crippen MR) is 65.3 cm³/mol. The average molecular weight is 314 g/mol. The van der Waals surface area contributed by atoms with Crippen LogP contribution in [-0.2, 0) is 4.74 Å². The van der Waals surface area contributed by atoms with E-state index in [9.17, 15) is 8.78 Å². The molecule has 0 aromatic carbocycles. The third kappa shape index (κ3) is 5.34. The molecule has 0 amide bonds. The van der Waals surface area contributed by atoms with E-state index in [0.717, 1.165) is 3.79 Å². The highest BCUT2D eigenvalue weighted by Crippen LogP contribution is 2.26. The molecule has 0 spiro atoms. The van der Waals surface area contributed by atoms with Crippen molar-refractivity contribution in [3.8, 4) is 0 Å². The van der Waals surface area contributed by atoms with Crippen LogP contribution >= 0.6 is 27.3 Å². The summed E-state index contributed by atoms with van der Waals surface area (Å²) in [4.78, 5) is 1.21. The molecule has 1 N–H and O–H groups in total. The van der Waals surface area contributed by atoms with Crippen molar-refractivity contribution in [2.24, 2.45) is 0 Å². The molecule has 1 aromatic rings. The maximum absolute atomic E-state index is 11.7. The molecule has 2 nitrogen and oxygen atoms in total. The minimum absolute atomic E-state index is 0.214. The molecule has 6 heteroatoms. The summed E-state index contributed by atoms with van der Waals surface area (Å²) < 4.78 is 29.3. The van der Waals surface area contributed by atoms with Crippen molar-refractivity contribution in [1.82, 2.24) is 5.32 Å². The Morgan fingerprint density at radius 1 is 1.50 bits per heavy atom. The number of alkyl halides is 2. The Morgan fingerprint density at radius 3 is 2.81 bits per heavy atom. The number of hydrogen-bond acceptors (Lipinski definition) is 3. The minimum Gasteiger partial charge on any atom is -0.374 e. The number of halogens is 3. The summed E-state index contributed by atoms with van der Waals surface area (Å²) in [6.07, 6.45) is -2.38. The highest BCUT2D eigenvalue weighted by Gasteiger charge is 2.07. The first-order valence-corrected chi connectivity index (χ1v) is 6.55. The zero-order valence-electron chi connectivity index (χ0n) is 8.88. The minimum atomic E-state index is -2.38. The molecule has 1 rings (SSSR count). The van der Waals surface area contributed by atoms with E-state index < -0.39 is 13.0 Å². The number of ether oxygens (including phenoxy) is 1. The summed E-state index contributed by atoms with van der Waals surface area (Å²) in [7, 11) is 0. The van der Waals surface area contributed by atoms with E-state index in [0.29, 0.717) is 13.2 Å². The van der Waals surface area contributed by atoms with Crippen molar-refractivity contribution < 1.29 is 13.5 Å². The Kier molecular flexibility index (Phi) is 6.41. The second kappa shape index (κ2) is 7.32. The molecule has 92 valence electrons. The highest BCUT2D eigenvalue weighted by atomic mass is 79.9. The maximum atomic E-state index is 11.7. The van der Waals surface area contributed by atoms with Crippen LogP contribution in [-0.4, -0.2) is 26.2 Å². The lowest BCUT2D eigenvalue weighted by atomic mass is 10.3. The van der Waals surface area contributed by atoms with Gasteiger partial charge in [0.05, 0.1) is 10.4 Å². The van der Waals surface area contributed by atoms with E-state index in [4.69, 9.17) is 4.74 Å². The molecule has 0 radical (unpaired) electrons. The van der Waals surface area contributed by atoms with Gasteiger partial charge in [0.15, 0.2) is 0 Å². The molecular weight excluding hydrogens is 300 g/mol. The fourth-order valence-electron chi connectivity index (χ4n) is 1.18. The van der Waals surface area contributed by atoms with Gasteiger partial charge >= 0.3 is 0 Å². The van der Waals surface area contributed by atoms with Gasteiger partial charge in [-0.3, -0.25) is 0 Å². The van der Waals surface area contributed by atoms with Crippen LogP contribution < -0.4 is 5.32 Å². The van der Waals surface area contributed by atoms with Crippen molar-refractivity contribution in [2.75, 3.05) is 19.8 Å². The van der Waals surface area contributed by atoms with Crippen molar-refractivity contribution in [3.63, 3.8) is 0 Å². The number of thiophene rings is 1. The van der Waals surface area contributed by atoms with Crippen molar-refractivity contribution in [2.45, 2.75) is 19.4 Å². The van der Waals surface area contributed by atoms with E-state index in [2.05, 4.69) is 21.2 Å². The Hall–Kier alpha value is -0.0400. The molecule has 1 heterocycles. The van der Waals surface area contributed by atoms with E-state index >= 15 is 0 Å². The maximum Gasteiger partial charge on any atom is 0.261 e. The predicted octanol–water partition coefficient (Wildman–Crippen LogP) is 3.44. The van der Waals surface area contributed by atoms with Crippen LogP contribution in [0.4, 0.5) is 8.78 Å². The van der Waals surface area contributed by atoms with Crippen LogP contribution in [0.3, 0.4) is 0 Å². The molecule has 1 unspecified atom stereocenters. The molecule has 0 aliphatic heterocycles. The van der Waals surface area contributed by atoms with Gasteiger partial charge in [-0.05, 0) is 35.0 Å². The highest BCUT2D eigenvalue weighted by molar-refractivity contribution is 9.11. The van der Waals surface area contributed by atoms with Gasteiger partial charge in [0, 0.05) is 17.5 Å². The van der Waals surface area contributed by atoms with E-state index in [1.807, 2.05) is 19.1 Å². The van der Waals surface area contributed by atoms with Gasteiger partial charge in [0.2, 0.25) is 0 Å². The van der Waals surface area contributed by atoms with Crippen molar-refractivity contribution in [3.05, 3.63) is 20.8 Å². The fourth-order valence-corrected chi connectivity index (χ4v) is 2.63. The lowest BCUT2D eigenvalue weighted by Gasteiger charge is -2.11. The lowest BCUT2D eigenvalue weighted by molar-refractivity contribution is 0.0183. The molecule has 0 aliphatic carbocycles. The van der Waals surface area contributed by atoms with Crippen molar-refractivity contribution >= 4 is 27.3 Å². The van der Waals surface area contributed by atoms with E-state index in [-0.39, 0.29) is 6.04 Å². The average Bonchev–Trinajstić information content (AvgIpc) is 2.63. The van der Waals surface area contributed by atoms with Crippen LogP contribution in [0.15, 0.2) is 15.9 Å². The van der Waals surface area contributed by atoms with Crippen LogP contribution in [0.25, 0.3) is 0 Å². The third-order valence-electron chi connectivity index (χ3n) is 1.96. The normalized spacial score (nSPS) is 13.3. The second-order valence-corrected chi connectivity index (χ2v) is 5.78. The largest absolute Gasteiger partial charge is 0.374 e. The lowest BCUT2D eigenvalue weighted by Crippen LogP contribution is -2.23. The Morgan fingerprint density at radius 2 is 2.25 bits per heavy atom. The SMILES string of the molecule is CC(NCCOCC(F)F)c1ccc(Br)s1. The Balaban J connectivity index is 2.13. The zero-order valence-corrected chi connectivity index (χ0v) is 11.3. The summed E-state index contributed by atoms with van der Waals surface area (Å²) in [6.45, 7) is 2.43. The first-order valence-electron chi connectivity index (χ1n) is 4.94. The topological polar surface area (TPSA) is 21.3 Å². The van der Waals surface area contributed by atoms with E-state index in [1.54, 1.807) is 11.3 Å². The summed E-state index contributed by atoms with van der Waals surface area (Å²) in [5.41, 5.74) is 0. The quantitative estimate of drug-likeness (QED) is 0.779. The van der Waals surface area contributed by atoms with Crippen LogP contribution in [0, 0.1) is 0 Å². The van der Waals surface area contributed by atoms with Gasteiger partial charge in [-0.2, -0.15) is 0 Å². The first-order chi connectivity index (χ1) is 7.59. The summed E-state index contributed by atoms with van der Waals surface area (Å²) in [5.74, 6) is 0. The van der Waals surface area contributed by atoms with Gasteiger partial charge in [-0.1, -0.05) is 0 Å². The first kappa shape index (κ1) is 14.0. The van der Waals surface area contributed by atoms with Gasteiger partial charge in [-0.15, -0.1) is 11.3 Å². The molecule has 16 heavy (non-hydrogen) atoms. The monoisotopic (exact) mass is 313 g/mol. The molecule has 0 saturated heterocycles. The fraction of sp³-hybridized carbons (Fsp3) is 0.600. The van der Waals surface area contributed by atoms with Gasteiger partial charge in [0.25, 0.3) is 6.43 Å². The zero-order chi connectivity index (χ0) is 12.0. The van der Waals surface area contributed by atoms with Gasteiger partial charge in [-0.25, -0.2) is 8.78 Å². The molecule has 0 bridgehead atoms. The summed E-state index contributed by atoms with van der Waals surface area (Å²) in [6, 6.07) is 4.24. The molecule has 0 aliphatic rings. The summed E-state index contributed by atoms with van der Waals surface area (Å²) in [5, 5.41) is 3.21. The molecule has 1 atom stereocenters. The standard InChI is InChI=1S/C10H14BrF2NOS/c1-7(8-2-3-9(11)16-8)14-4-5-15-6-10(12)13/h2-3,7,10,14H,4-6H2,1H3. The number of rotatable bonds is 7. The number of hydrogen-bond donors (Lipinski definition) is 1. The number of nitrogens with one attached hydrogen (secondary N) is 1. The smallest absolute Gasteiger partial charge is 0.261 e. The van der Waals surface area contributed by atoms with Crippen LogP contribution in [0.2, 0.25) is 0 Å². The third-order valence-corrected chi connectivity index (χ3v) is 3.77. The molecule has 0 fully saturated rings. The molecule has 0 saturated carbocycles. The van der Waals surface area contributed by atoms with E-state index in [1.165, 1.54) is 4.88 Å². The van der Waals surface area contributed by atoms with Crippen molar-refractivity contribution in [1.29, 1.82) is 0 Å². The Labute approximate surface area is 106 Å². The van der Waals surface area contributed by atoms with Crippen LogP contribution in [0.5, 0.6) is 0 Å². The second-order valence-electron chi connectivity index (χ2n) is 3.28. The molecule has 1 aromatic heterocycles. The van der Waals surface area contributed by atoms with Crippen LogP contribution in [0.1, 0.15) is 17.8 Å².